The van der Waals surface area contributed by atoms with E-state index in [4.69, 9.17) is 11.6 Å². The van der Waals surface area contributed by atoms with Crippen LogP contribution in [0.2, 0.25) is 5.02 Å². The number of nitrogens with one attached hydrogen (secondary N) is 3. The standard InChI is InChI=1S/C24H31N5O5S2.C22H20ClFN4O3S2.C22H22N4O3S2.7H2/c1-24(2,3)16-20(30)22(32)28-13-11-27(12-14-28)19-8-10-29(21(19)31)17-4-6-18(7-5-17)36(33,34)26-23-25-9-15-35-23;1-13-12-32-22(25-13)26-33(30,31)15-4-2-14(3-5-15)27-11-9-19(21(27)29)28-10-8-16-18(28)7-6-17(24)20(16)23;1-15-3-2-4-16-9-12-26(20(15)16)19-10-13-25(21(19)27)17-5-7-18(8-6-17)31(28,29)24-22-23-11-14-30-22;;;;;;;/h4-7,9,15,19H,8,10-14,16H2,1-3H3,(H,25,26);2-7,12,19H,8-11H2,1H3,(H,25,26);2-8,11,14,19H,9-10,12-13H2,1H3,(H,23,24);7*1H/t;2*19-;;;;;;;/m.00......./s1. The van der Waals surface area contributed by atoms with Gasteiger partial charge in [-0.2, -0.15) is 0 Å². The van der Waals surface area contributed by atoms with Crippen LogP contribution in [0.25, 0.3) is 0 Å². The Kier molecular flexibility index (Phi) is 20.9. The van der Waals surface area contributed by atoms with Gasteiger partial charge in [0.1, 0.15) is 17.9 Å². The number of benzene rings is 5. The van der Waals surface area contributed by atoms with Gasteiger partial charge in [0.05, 0.1) is 31.4 Å². The van der Waals surface area contributed by atoms with Crippen LogP contribution in [0.15, 0.2) is 146 Å². The van der Waals surface area contributed by atoms with Crippen LogP contribution in [0.1, 0.15) is 78.8 Å². The van der Waals surface area contributed by atoms with Gasteiger partial charge in [-0.05, 0) is 153 Å². The SMILES string of the molecule is CC(C)(C)CC(=O)C(=O)N1CCN(C2CCN(c3ccc(S(=O)(=O)Nc4nccs4)cc3)C2=O)CC1.Cc1cccc2c1N([C@H]1CCN(c3ccc(S(=O)(=O)Nc4nccs4)cc3)C1=O)CC2.Cc1csc(NS(=O)(=O)c2ccc(N3CC[C@H](N4CCc5c4ccc(F)c5Cl)C3=O)cc2)n1.[HH].[HH].[HH].[HH].[HH].[HH].[HH]. The molecule has 3 N–H and O–H groups in total. The molecule has 540 valence electrons. The zero-order chi connectivity index (χ0) is 71.0. The van der Waals surface area contributed by atoms with Gasteiger partial charge in [0.15, 0.2) is 15.4 Å². The highest BCUT2D eigenvalue weighted by Crippen LogP contribution is 2.40. The fourth-order valence-corrected chi connectivity index (χ4v) is 19.1. The van der Waals surface area contributed by atoms with Gasteiger partial charge in [-0.1, -0.05) is 50.6 Å². The van der Waals surface area contributed by atoms with E-state index in [-0.39, 0.29) is 88.3 Å². The Balaban J connectivity index is 0.000000279. The molecule has 4 saturated heterocycles. The predicted octanol–water partition coefficient (Wildman–Crippen LogP) is 11.6. The summed E-state index contributed by atoms with van der Waals surface area (Å²) in [6, 6.07) is 27.3. The molecule has 0 bridgehead atoms. The molecule has 6 aliphatic rings. The molecule has 0 radical (unpaired) electrons. The second-order valence-corrected chi connectivity index (χ2v) is 34.0. The van der Waals surface area contributed by atoms with Crippen molar-refractivity contribution in [3.63, 3.8) is 0 Å². The summed E-state index contributed by atoms with van der Waals surface area (Å²) in [4.78, 5) is 89.8. The zero-order valence-electron chi connectivity index (χ0n) is 55.2. The number of aromatic nitrogens is 3. The van der Waals surface area contributed by atoms with E-state index < -0.39 is 41.8 Å². The molecule has 0 spiro atoms. The van der Waals surface area contributed by atoms with Gasteiger partial charge < -0.3 is 29.4 Å². The molecule has 14 rings (SSSR count). The number of nitrogens with zero attached hydrogens (tertiary/aromatic N) is 10. The number of amides is 4. The number of piperazine rings is 1. The van der Waals surface area contributed by atoms with E-state index in [9.17, 15) is 53.6 Å². The first-order valence-electron chi connectivity index (χ1n) is 32.3. The van der Waals surface area contributed by atoms with Crippen LogP contribution in [0, 0.1) is 25.1 Å². The lowest BCUT2D eigenvalue weighted by Crippen LogP contribution is -2.55. The van der Waals surface area contributed by atoms with Crippen molar-refractivity contribution in [1.82, 2.24) is 24.8 Å². The fraction of sp³-hybridized carbons (Fsp3) is 0.353. The first-order chi connectivity index (χ1) is 47.6. The fourth-order valence-electron chi connectivity index (χ4n) is 13.3. The van der Waals surface area contributed by atoms with Gasteiger partial charge in [0.2, 0.25) is 23.5 Å². The quantitative estimate of drug-likeness (QED) is 0.0714. The van der Waals surface area contributed by atoms with Gasteiger partial charge in [0, 0.05) is 132 Å². The van der Waals surface area contributed by atoms with E-state index in [1.807, 2.05) is 25.7 Å². The Morgan fingerprint density at radius 1 is 0.580 bits per heavy atom. The molecule has 0 aliphatic carbocycles. The van der Waals surface area contributed by atoms with Crippen molar-refractivity contribution in [1.29, 1.82) is 0 Å². The summed E-state index contributed by atoms with van der Waals surface area (Å²) in [7, 11) is -11.3. The number of Topliss-reactive ketones (excluding diaryl/α,β-unsaturated/α-hetero) is 1. The number of hydrogen-bond donors (Lipinski definition) is 3. The molecule has 100 heavy (non-hydrogen) atoms. The van der Waals surface area contributed by atoms with Crippen molar-refractivity contribution in [3.05, 3.63) is 165 Å². The molecule has 6 aliphatic heterocycles. The number of sulfonamides is 3. The van der Waals surface area contributed by atoms with E-state index >= 15 is 0 Å². The van der Waals surface area contributed by atoms with Crippen molar-refractivity contribution >= 4 is 149 Å². The molecule has 3 aromatic heterocycles. The van der Waals surface area contributed by atoms with Gasteiger partial charge in [-0.3, -0.25) is 43.0 Å². The Bertz CT molecular complexity index is 4770. The van der Waals surface area contributed by atoms with Crippen molar-refractivity contribution < 1.29 is 63.6 Å². The van der Waals surface area contributed by atoms with Crippen LogP contribution in [0.5, 0.6) is 0 Å². The van der Waals surface area contributed by atoms with Crippen LogP contribution < -0.4 is 38.7 Å². The first-order valence-corrected chi connectivity index (χ1v) is 39.8. The average Bonchev–Trinajstić information content (AvgIpc) is 1.63. The normalized spacial score (nSPS) is 18.8. The second kappa shape index (κ2) is 29.3. The Morgan fingerprint density at radius 3 is 1.52 bits per heavy atom. The zero-order valence-corrected chi connectivity index (χ0v) is 60.9. The molecule has 1 unspecified atom stereocenters. The summed E-state index contributed by atoms with van der Waals surface area (Å²) in [6.45, 7) is 14.6. The Labute approximate surface area is 607 Å². The number of carbonyl (C=O) groups excluding carboxylic acids is 5. The van der Waals surface area contributed by atoms with Crippen molar-refractivity contribution in [2.75, 3.05) is 97.6 Å². The van der Waals surface area contributed by atoms with Crippen molar-refractivity contribution in [3.8, 4) is 0 Å². The summed E-state index contributed by atoms with van der Waals surface area (Å²) in [5.74, 6) is -1.32. The third-order valence-corrected chi connectivity index (χ3v) is 25.2. The Hall–Kier alpha value is -8.43. The highest BCUT2D eigenvalue weighted by Gasteiger charge is 2.43. The molecule has 3 atom stereocenters. The van der Waals surface area contributed by atoms with E-state index in [1.54, 1.807) is 91.3 Å². The second-order valence-electron chi connectivity index (χ2n) is 26.0. The van der Waals surface area contributed by atoms with E-state index in [1.165, 1.54) is 99.5 Å². The van der Waals surface area contributed by atoms with Crippen LogP contribution >= 0.6 is 45.6 Å². The molecule has 0 saturated carbocycles. The summed E-state index contributed by atoms with van der Waals surface area (Å²) in [5.41, 5.74) is 7.70. The lowest BCUT2D eigenvalue weighted by Gasteiger charge is -2.37. The van der Waals surface area contributed by atoms with Gasteiger partial charge in [-0.25, -0.2) is 44.6 Å². The lowest BCUT2D eigenvalue weighted by molar-refractivity contribution is -0.147. The monoisotopic (exact) mass is 1510 g/mol. The van der Waals surface area contributed by atoms with Gasteiger partial charge in [0.25, 0.3) is 36.0 Å². The number of halogens is 2. The molecule has 24 nitrogen and oxygen atoms in total. The molecule has 32 heteroatoms. The van der Waals surface area contributed by atoms with E-state index in [0.29, 0.717) is 98.9 Å². The third kappa shape index (κ3) is 15.6. The molecule has 9 heterocycles. The molecule has 5 aromatic carbocycles. The van der Waals surface area contributed by atoms with Crippen LogP contribution in [-0.4, -0.2) is 156 Å². The summed E-state index contributed by atoms with van der Waals surface area (Å²) in [6.07, 6.45) is 6.82. The molecule has 4 amide bonds. The number of carbonyl (C=O) groups is 5. The first kappa shape index (κ1) is 71.4. The molecule has 8 aromatic rings. The highest BCUT2D eigenvalue weighted by atomic mass is 35.5. The topological polar surface area (TPSA) is 285 Å². The average molecular weight is 1510 g/mol. The molecule has 4 fully saturated rings. The largest absolute Gasteiger partial charge is 0.359 e. The maximum atomic E-state index is 13.8. The van der Waals surface area contributed by atoms with E-state index in [2.05, 4.69) is 64.0 Å². The summed E-state index contributed by atoms with van der Waals surface area (Å²) >= 11 is 9.74. The number of hydrogen-bond acceptors (Lipinski definition) is 20. The maximum Gasteiger partial charge on any atom is 0.290 e. The maximum absolute atomic E-state index is 13.8. The minimum Gasteiger partial charge on any atom is -0.359 e. The third-order valence-electron chi connectivity index (χ3n) is 18.1. The number of para-hydroxylation sites is 1. The van der Waals surface area contributed by atoms with Crippen LogP contribution in [-0.2, 0) is 66.9 Å². The minimum absolute atomic E-state index is 0. The summed E-state index contributed by atoms with van der Waals surface area (Å²) in [5, 5.41) is 6.19. The van der Waals surface area contributed by atoms with Gasteiger partial charge in [-0.15, -0.1) is 34.0 Å². The van der Waals surface area contributed by atoms with Crippen LogP contribution in [0.3, 0.4) is 0 Å². The number of anilines is 8. The predicted molar refractivity (Wildman–Crippen MR) is 402 cm³/mol. The van der Waals surface area contributed by atoms with Crippen LogP contribution in [0.4, 0.5) is 48.2 Å². The highest BCUT2D eigenvalue weighted by molar-refractivity contribution is 7.93. The van der Waals surface area contributed by atoms with E-state index in [0.717, 1.165) is 36.3 Å². The molecular formula is C68H87ClFN13O11S6. The molecular weight excluding hydrogens is 1420 g/mol. The smallest absolute Gasteiger partial charge is 0.290 e. The van der Waals surface area contributed by atoms with Crippen molar-refractivity contribution in [2.45, 2.75) is 106 Å². The van der Waals surface area contributed by atoms with Gasteiger partial charge >= 0.3 is 0 Å². The Morgan fingerprint density at radius 2 is 1.05 bits per heavy atom. The number of rotatable bonds is 17. The minimum atomic E-state index is -3.78. The summed E-state index contributed by atoms with van der Waals surface area (Å²) < 4.78 is 96.6. The number of fused-ring (bicyclic) bond motifs is 2. The number of ketones is 1. The lowest BCUT2D eigenvalue weighted by atomic mass is 9.89. The number of aryl methyl sites for hydroxylation is 2. The number of thiazole rings is 3. The van der Waals surface area contributed by atoms with Crippen molar-refractivity contribution in [2.24, 2.45) is 5.41 Å².